The quantitative estimate of drug-likeness (QED) is 0.648. The van der Waals surface area contributed by atoms with E-state index in [1.54, 1.807) is 0 Å². The summed E-state index contributed by atoms with van der Waals surface area (Å²) >= 11 is 0. The first kappa shape index (κ1) is 10.4. The summed E-state index contributed by atoms with van der Waals surface area (Å²) in [5, 5.41) is 17.7. The molecule has 64 valence electrons. The maximum absolute atomic E-state index is 9.22. The van der Waals surface area contributed by atoms with E-state index in [0.717, 1.165) is 6.42 Å². The van der Waals surface area contributed by atoms with E-state index in [9.17, 15) is 5.11 Å². The number of nitrogens with zero attached hydrogens (tertiary/aromatic N) is 2. The van der Waals surface area contributed by atoms with Gasteiger partial charge >= 0.3 is 0 Å². The van der Waals surface area contributed by atoms with E-state index in [1.165, 1.54) is 0 Å². The van der Waals surface area contributed by atoms with Crippen LogP contribution in [-0.4, -0.2) is 35.7 Å². The third-order valence-electron chi connectivity index (χ3n) is 1.82. The van der Waals surface area contributed by atoms with Crippen LogP contribution in [-0.2, 0) is 0 Å². The summed E-state index contributed by atoms with van der Waals surface area (Å²) in [7, 11) is 1.84. The number of hydrogen-bond donors (Lipinski definition) is 1. The van der Waals surface area contributed by atoms with Gasteiger partial charge in [0.1, 0.15) is 0 Å². The molecule has 11 heavy (non-hydrogen) atoms. The van der Waals surface area contributed by atoms with Crippen LogP contribution in [0.1, 0.15) is 20.3 Å². The van der Waals surface area contributed by atoms with Crippen LogP contribution in [0.2, 0.25) is 0 Å². The Labute approximate surface area is 68.2 Å². The summed E-state index contributed by atoms with van der Waals surface area (Å²) in [4.78, 5) is 1.84. The van der Waals surface area contributed by atoms with Crippen molar-refractivity contribution >= 4 is 0 Å². The Kier molecular flexibility index (Phi) is 4.84. The molecule has 0 heterocycles. The zero-order valence-corrected chi connectivity index (χ0v) is 7.41. The highest BCUT2D eigenvalue weighted by molar-refractivity contribution is 4.86. The third-order valence-corrected chi connectivity index (χ3v) is 1.82. The van der Waals surface area contributed by atoms with Gasteiger partial charge in [-0.1, -0.05) is 6.92 Å². The molecule has 0 aromatic carbocycles. The summed E-state index contributed by atoms with van der Waals surface area (Å²) in [6.07, 6.45) is 0.429. The fourth-order valence-corrected chi connectivity index (χ4v) is 0.718. The molecule has 0 amide bonds. The fourth-order valence-electron chi connectivity index (χ4n) is 0.718. The Morgan fingerprint density at radius 3 is 2.55 bits per heavy atom. The second-order valence-electron chi connectivity index (χ2n) is 2.81. The van der Waals surface area contributed by atoms with E-state index in [2.05, 4.69) is 6.07 Å². The molecule has 0 radical (unpaired) electrons. The van der Waals surface area contributed by atoms with Gasteiger partial charge in [0.2, 0.25) is 0 Å². The van der Waals surface area contributed by atoms with E-state index in [-0.39, 0.29) is 12.1 Å². The lowest BCUT2D eigenvalue weighted by Gasteiger charge is -2.21. The molecule has 0 spiro atoms. The minimum atomic E-state index is -0.309. The van der Waals surface area contributed by atoms with E-state index < -0.39 is 0 Å². The van der Waals surface area contributed by atoms with Crippen LogP contribution in [0.25, 0.3) is 0 Å². The Bertz CT molecular complexity index is 142. The molecule has 3 nitrogen and oxygen atoms in total. The van der Waals surface area contributed by atoms with Crippen molar-refractivity contribution in [2.75, 3.05) is 13.6 Å². The van der Waals surface area contributed by atoms with Crippen molar-refractivity contribution in [2.45, 2.75) is 32.4 Å². The number of aliphatic hydroxyl groups is 1. The van der Waals surface area contributed by atoms with Gasteiger partial charge in [-0.2, -0.15) is 5.26 Å². The lowest BCUT2D eigenvalue weighted by molar-refractivity contribution is 0.115. The molecule has 0 bridgehead atoms. The Morgan fingerprint density at radius 2 is 2.18 bits per heavy atom. The van der Waals surface area contributed by atoms with Gasteiger partial charge < -0.3 is 5.11 Å². The van der Waals surface area contributed by atoms with Crippen molar-refractivity contribution in [3.8, 4) is 6.07 Å². The van der Waals surface area contributed by atoms with E-state index >= 15 is 0 Å². The van der Waals surface area contributed by atoms with Crippen LogP contribution in [0, 0.1) is 11.3 Å². The Balaban J connectivity index is 3.69. The molecular formula is C8H16N2O. The van der Waals surface area contributed by atoms with Gasteiger partial charge in [0.25, 0.3) is 0 Å². The highest BCUT2D eigenvalue weighted by Gasteiger charge is 2.10. The normalized spacial score (nSPS) is 16.0. The molecule has 0 rings (SSSR count). The van der Waals surface area contributed by atoms with Crippen molar-refractivity contribution in [1.82, 2.24) is 4.90 Å². The van der Waals surface area contributed by atoms with Crippen molar-refractivity contribution in [2.24, 2.45) is 0 Å². The van der Waals surface area contributed by atoms with Crippen LogP contribution in [0.4, 0.5) is 0 Å². The molecule has 0 saturated carbocycles. The van der Waals surface area contributed by atoms with Crippen LogP contribution < -0.4 is 0 Å². The fraction of sp³-hybridized carbons (Fsp3) is 0.875. The summed E-state index contributed by atoms with van der Waals surface area (Å²) in [5.74, 6) is 0. The largest absolute Gasteiger partial charge is 0.392 e. The summed E-state index contributed by atoms with van der Waals surface area (Å²) in [5.41, 5.74) is 0. The van der Waals surface area contributed by atoms with Gasteiger partial charge in [-0.25, -0.2) is 0 Å². The Morgan fingerprint density at radius 1 is 1.64 bits per heavy atom. The Hall–Kier alpha value is -0.590. The topological polar surface area (TPSA) is 47.3 Å². The predicted molar refractivity (Wildman–Crippen MR) is 44.0 cm³/mol. The predicted octanol–water partition coefficient (Wildman–Crippen LogP) is 0.601. The molecule has 3 heteroatoms. The molecule has 0 aromatic heterocycles. The zero-order valence-electron chi connectivity index (χ0n) is 7.41. The van der Waals surface area contributed by atoms with Gasteiger partial charge in [0.15, 0.2) is 0 Å². The first-order valence-electron chi connectivity index (χ1n) is 3.89. The number of hydrogen-bond acceptors (Lipinski definition) is 3. The zero-order chi connectivity index (χ0) is 8.85. The molecular weight excluding hydrogens is 140 g/mol. The maximum Gasteiger partial charge on any atom is 0.0947 e. The van der Waals surface area contributed by atoms with Crippen LogP contribution in [0.15, 0.2) is 0 Å². The average molecular weight is 156 g/mol. The minimum absolute atomic E-state index is 0.115. The molecule has 2 unspecified atom stereocenters. The van der Waals surface area contributed by atoms with Crippen molar-refractivity contribution < 1.29 is 5.11 Å². The molecule has 0 aliphatic rings. The molecule has 0 fully saturated rings. The monoisotopic (exact) mass is 156 g/mol. The average Bonchev–Trinajstić information content (AvgIpc) is 2.02. The second kappa shape index (κ2) is 5.11. The number of nitriles is 1. The second-order valence-corrected chi connectivity index (χ2v) is 2.81. The number of aliphatic hydroxyl groups excluding tert-OH is 1. The molecule has 2 atom stereocenters. The lowest BCUT2D eigenvalue weighted by atomic mass is 10.2. The van der Waals surface area contributed by atoms with Crippen LogP contribution in [0.5, 0.6) is 0 Å². The van der Waals surface area contributed by atoms with Gasteiger partial charge in [0, 0.05) is 6.54 Å². The SMILES string of the molecule is CCC(O)CN(C)C(C)C#N. The van der Waals surface area contributed by atoms with Crippen molar-refractivity contribution in [1.29, 1.82) is 5.26 Å². The highest BCUT2D eigenvalue weighted by atomic mass is 16.3. The van der Waals surface area contributed by atoms with Crippen molar-refractivity contribution in [3.63, 3.8) is 0 Å². The van der Waals surface area contributed by atoms with Gasteiger partial charge in [-0.05, 0) is 20.4 Å². The first-order valence-corrected chi connectivity index (χ1v) is 3.89. The van der Waals surface area contributed by atoms with Gasteiger partial charge in [-0.3, -0.25) is 4.90 Å². The van der Waals surface area contributed by atoms with Crippen molar-refractivity contribution in [3.05, 3.63) is 0 Å². The van der Waals surface area contributed by atoms with Crippen LogP contribution in [0.3, 0.4) is 0 Å². The summed E-state index contributed by atoms with van der Waals surface area (Å²) in [6.45, 7) is 4.32. The molecule has 0 aromatic rings. The molecule has 0 saturated heterocycles. The molecule has 0 aliphatic carbocycles. The number of likely N-dealkylation sites (N-methyl/N-ethyl adjacent to an activating group) is 1. The maximum atomic E-state index is 9.22. The van der Waals surface area contributed by atoms with Gasteiger partial charge in [-0.15, -0.1) is 0 Å². The minimum Gasteiger partial charge on any atom is -0.392 e. The molecule has 0 aliphatic heterocycles. The standard InChI is InChI=1S/C8H16N2O/c1-4-8(11)6-10(3)7(2)5-9/h7-8,11H,4,6H2,1-3H3. The lowest BCUT2D eigenvalue weighted by Crippen LogP contribution is -2.34. The van der Waals surface area contributed by atoms with E-state index in [1.807, 2.05) is 25.8 Å². The summed E-state index contributed by atoms with van der Waals surface area (Å²) < 4.78 is 0. The van der Waals surface area contributed by atoms with E-state index in [4.69, 9.17) is 5.26 Å². The van der Waals surface area contributed by atoms with Gasteiger partial charge in [0.05, 0.1) is 18.2 Å². The first-order chi connectivity index (χ1) is 5.11. The van der Waals surface area contributed by atoms with E-state index in [0.29, 0.717) is 6.54 Å². The molecule has 1 N–H and O–H groups in total. The smallest absolute Gasteiger partial charge is 0.0947 e. The summed E-state index contributed by atoms with van der Waals surface area (Å²) in [6, 6.07) is 1.99. The van der Waals surface area contributed by atoms with Crippen LogP contribution >= 0.6 is 0 Å². The highest BCUT2D eigenvalue weighted by Crippen LogP contribution is 1.98. The number of rotatable bonds is 4. The third kappa shape index (κ3) is 3.97.